The maximum absolute atomic E-state index is 12.5. The second kappa shape index (κ2) is 7.00. The summed E-state index contributed by atoms with van der Waals surface area (Å²) in [6.07, 6.45) is 7.64. The lowest BCUT2D eigenvalue weighted by Gasteiger charge is -2.15. The number of fused-ring (bicyclic) bond motifs is 2. The molecule has 0 radical (unpaired) electrons. The van der Waals surface area contributed by atoms with Gasteiger partial charge in [-0.05, 0) is 78.8 Å². The van der Waals surface area contributed by atoms with Crippen LogP contribution in [0.4, 0.5) is 10.5 Å². The van der Waals surface area contributed by atoms with Crippen LogP contribution in [0.15, 0.2) is 20.8 Å². The van der Waals surface area contributed by atoms with E-state index in [0.29, 0.717) is 9.22 Å². The number of rotatable bonds is 3. The van der Waals surface area contributed by atoms with Crippen LogP contribution >= 0.6 is 11.3 Å². The van der Waals surface area contributed by atoms with E-state index in [2.05, 4.69) is 20.7 Å². The van der Waals surface area contributed by atoms with E-state index < -0.39 is 22.2 Å². The summed E-state index contributed by atoms with van der Waals surface area (Å²) in [5.74, 6) is 0. The van der Waals surface area contributed by atoms with Gasteiger partial charge in [-0.1, -0.05) is 6.07 Å². The zero-order chi connectivity index (χ0) is 19.2. The summed E-state index contributed by atoms with van der Waals surface area (Å²) < 4.78 is 16.6. The van der Waals surface area contributed by atoms with E-state index in [1.807, 2.05) is 0 Å². The molecule has 0 atom stereocenters. The predicted octanol–water partition coefficient (Wildman–Crippen LogP) is 4.09. The Morgan fingerprint density at radius 3 is 2.41 bits per heavy atom. The Labute approximate surface area is 164 Å². The molecule has 0 unspecified atom stereocenters. The summed E-state index contributed by atoms with van der Waals surface area (Å²) in [5, 5.41) is 13.3. The SMILES string of the molecule is CC(C)(O)c1ncc(/[S-](=O)=N/C(=O)Nc2c3c(cc4c2CCC4)CCC3)s1. The lowest BCUT2D eigenvalue weighted by molar-refractivity contribution is 0.0783. The molecule has 0 aliphatic heterocycles. The molecular weight excluding hydrogens is 382 g/mol. The molecule has 0 saturated carbocycles. The van der Waals surface area contributed by atoms with Gasteiger partial charge in [-0.15, -0.1) is 21.9 Å². The van der Waals surface area contributed by atoms with Crippen LogP contribution in [0.5, 0.6) is 0 Å². The Hall–Kier alpha value is -1.77. The van der Waals surface area contributed by atoms with Crippen LogP contribution in [0.2, 0.25) is 0 Å². The first-order chi connectivity index (χ1) is 12.8. The van der Waals surface area contributed by atoms with Gasteiger partial charge in [0.15, 0.2) is 0 Å². The molecule has 6 nitrogen and oxygen atoms in total. The molecule has 4 rings (SSSR count). The van der Waals surface area contributed by atoms with Gasteiger partial charge < -0.3 is 19.0 Å². The van der Waals surface area contributed by atoms with Gasteiger partial charge in [0.25, 0.3) is 0 Å². The minimum Gasteiger partial charge on any atom is -0.439 e. The van der Waals surface area contributed by atoms with Gasteiger partial charge in [0.05, 0.1) is 0 Å². The average molecular weight is 405 g/mol. The fourth-order valence-electron chi connectivity index (χ4n) is 3.84. The van der Waals surface area contributed by atoms with Crippen molar-refractivity contribution in [1.82, 2.24) is 4.98 Å². The summed E-state index contributed by atoms with van der Waals surface area (Å²) in [6, 6.07) is 1.70. The zero-order valence-electron chi connectivity index (χ0n) is 15.4. The standard InChI is InChI=1S/C19H22N3O3S2/c1-19(2,24)17-20-10-15(26-17)27(25)22-18(23)21-16-13-7-3-5-11(13)9-12-6-4-8-14(12)16/h9-10,24H,3-8H2,1-2H3,(H,21,23)/q-1. The van der Waals surface area contributed by atoms with Crippen LogP contribution < -0.4 is 5.32 Å². The number of amides is 2. The number of nitrogens with zero attached hydrogens (tertiary/aromatic N) is 2. The summed E-state index contributed by atoms with van der Waals surface area (Å²) in [5.41, 5.74) is 4.86. The van der Waals surface area contributed by atoms with E-state index in [1.54, 1.807) is 13.8 Å². The molecule has 27 heavy (non-hydrogen) atoms. The number of anilines is 1. The fraction of sp³-hybridized carbons (Fsp3) is 0.474. The molecule has 144 valence electrons. The highest BCUT2D eigenvalue weighted by atomic mass is 32.2. The minimum atomic E-state index is -1.84. The number of urea groups is 1. The van der Waals surface area contributed by atoms with Crippen LogP contribution in [0, 0.1) is 0 Å². The Kier molecular flexibility index (Phi) is 4.82. The maximum atomic E-state index is 12.5. The highest BCUT2D eigenvalue weighted by molar-refractivity contribution is 7.78. The van der Waals surface area contributed by atoms with Gasteiger partial charge >= 0.3 is 6.03 Å². The van der Waals surface area contributed by atoms with Gasteiger partial charge in [-0.2, -0.15) is 0 Å². The van der Waals surface area contributed by atoms with Gasteiger partial charge in [0.2, 0.25) is 0 Å². The number of hydrogen-bond acceptors (Lipinski definition) is 6. The lowest BCUT2D eigenvalue weighted by atomic mass is 9.99. The first-order valence-corrected chi connectivity index (χ1v) is 11.0. The molecule has 8 heteroatoms. The summed E-state index contributed by atoms with van der Waals surface area (Å²) in [4.78, 5) is 16.5. The molecule has 0 spiro atoms. The topological polar surface area (TPSA) is 91.7 Å². The van der Waals surface area contributed by atoms with Crippen LogP contribution in [0.1, 0.15) is 54.0 Å². The Morgan fingerprint density at radius 2 is 1.85 bits per heavy atom. The quantitative estimate of drug-likeness (QED) is 0.754. The second-order valence-electron chi connectivity index (χ2n) is 7.55. The molecule has 2 N–H and O–H groups in total. The van der Waals surface area contributed by atoms with Gasteiger partial charge in [0.1, 0.15) is 10.6 Å². The smallest absolute Gasteiger partial charge is 0.322 e. The third-order valence-electron chi connectivity index (χ3n) is 5.05. The van der Waals surface area contributed by atoms with Crippen molar-refractivity contribution in [3.05, 3.63) is 39.5 Å². The number of aliphatic hydroxyl groups is 1. The third-order valence-corrected chi connectivity index (χ3v) is 7.61. The first kappa shape index (κ1) is 18.6. The maximum Gasteiger partial charge on any atom is 0.322 e. The number of carbonyl (C=O) groups excluding carboxylic acids is 1. The van der Waals surface area contributed by atoms with E-state index in [1.165, 1.54) is 28.5 Å². The molecule has 1 aromatic heterocycles. The normalized spacial score (nSPS) is 17.0. The molecule has 0 bridgehead atoms. The lowest BCUT2D eigenvalue weighted by Crippen LogP contribution is -2.14. The number of hydrogen-bond donors (Lipinski definition) is 2. The molecule has 1 heterocycles. The van der Waals surface area contributed by atoms with Crippen molar-refractivity contribution in [2.45, 2.75) is 62.2 Å². The van der Waals surface area contributed by atoms with Gasteiger partial charge in [-0.3, -0.25) is 0 Å². The fourth-order valence-corrected chi connectivity index (χ4v) is 5.55. The summed E-state index contributed by atoms with van der Waals surface area (Å²) in [7, 11) is -1.84. The highest BCUT2D eigenvalue weighted by Gasteiger charge is 2.24. The Balaban J connectivity index is 1.59. The van der Waals surface area contributed by atoms with Crippen molar-refractivity contribution in [1.29, 1.82) is 0 Å². The van der Waals surface area contributed by atoms with Crippen LogP contribution in [-0.4, -0.2) is 16.1 Å². The number of benzene rings is 1. The van der Waals surface area contributed by atoms with Gasteiger partial charge in [-0.25, -0.2) is 9.78 Å². The molecule has 0 fully saturated rings. The van der Waals surface area contributed by atoms with Crippen molar-refractivity contribution in [3.63, 3.8) is 0 Å². The predicted molar refractivity (Wildman–Crippen MR) is 106 cm³/mol. The minimum absolute atomic E-state index is 0.353. The number of nitrogens with one attached hydrogen (secondary N) is 1. The van der Waals surface area contributed by atoms with Crippen molar-refractivity contribution >= 4 is 33.7 Å². The van der Waals surface area contributed by atoms with E-state index in [-0.39, 0.29) is 0 Å². The molecular formula is C19H22N3O3S2-. The van der Waals surface area contributed by atoms with E-state index in [4.69, 9.17) is 0 Å². The monoisotopic (exact) mass is 404 g/mol. The number of aryl methyl sites for hydroxylation is 2. The third kappa shape index (κ3) is 3.66. The number of thiazole rings is 1. The number of carbonyl (C=O) groups is 1. The highest BCUT2D eigenvalue weighted by Crippen LogP contribution is 2.38. The summed E-state index contributed by atoms with van der Waals surface area (Å²) in [6.45, 7) is 3.22. The molecule has 2 aromatic rings. The van der Waals surface area contributed by atoms with Crippen molar-refractivity contribution < 1.29 is 14.1 Å². The van der Waals surface area contributed by atoms with E-state index in [0.717, 1.165) is 55.5 Å². The van der Waals surface area contributed by atoms with E-state index in [9.17, 15) is 14.1 Å². The average Bonchev–Trinajstić information content (AvgIpc) is 3.33. The number of aromatic nitrogens is 1. The first-order valence-electron chi connectivity index (χ1n) is 9.12. The second-order valence-corrected chi connectivity index (χ2v) is 9.96. The van der Waals surface area contributed by atoms with Crippen molar-refractivity contribution in [3.8, 4) is 0 Å². The van der Waals surface area contributed by atoms with Gasteiger partial charge in [0, 0.05) is 11.9 Å². The largest absolute Gasteiger partial charge is 0.439 e. The molecule has 1 aromatic carbocycles. The van der Waals surface area contributed by atoms with Crippen molar-refractivity contribution in [2.24, 2.45) is 4.36 Å². The summed E-state index contributed by atoms with van der Waals surface area (Å²) >= 11 is 1.10. The van der Waals surface area contributed by atoms with Crippen LogP contribution in [0.3, 0.4) is 0 Å². The molecule has 2 amide bonds. The van der Waals surface area contributed by atoms with E-state index >= 15 is 0 Å². The molecule has 2 aliphatic rings. The van der Waals surface area contributed by atoms with Crippen LogP contribution in [0.25, 0.3) is 0 Å². The zero-order valence-corrected chi connectivity index (χ0v) is 17.0. The Morgan fingerprint density at radius 1 is 1.22 bits per heavy atom. The molecule has 0 saturated heterocycles. The molecule has 2 aliphatic carbocycles. The van der Waals surface area contributed by atoms with Crippen LogP contribution in [-0.2, 0) is 46.1 Å². The Bertz CT molecular complexity index is 966. The van der Waals surface area contributed by atoms with Crippen molar-refractivity contribution in [2.75, 3.05) is 5.32 Å².